The number of hydrogen-bond donors (Lipinski definition) is 0. The summed E-state index contributed by atoms with van der Waals surface area (Å²) in [6.07, 6.45) is 1.12. The van der Waals surface area contributed by atoms with Crippen LogP contribution in [0.4, 0.5) is 0 Å². The lowest BCUT2D eigenvalue weighted by Gasteiger charge is -2.03. The van der Waals surface area contributed by atoms with Gasteiger partial charge in [0, 0.05) is 20.2 Å². The first kappa shape index (κ1) is 9.86. The first-order valence-corrected chi connectivity index (χ1v) is 6.52. The summed E-state index contributed by atoms with van der Waals surface area (Å²) >= 11 is 1.93. The van der Waals surface area contributed by atoms with E-state index in [1.165, 1.54) is 31.3 Å². The van der Waals surface area contributed by atoms with Crippen LogP contribution in [0.5, 0.6) is 0 Å². The highest BCUT2D eigenvalue weighted by molar-refractivity contribution is 7.26. The average molecular weight is 226 g/mol. The van der Waals surface area contributed by atoms with Crippen LogP contribution in [0, 0.1) is 6.92 Å². The van der Waals surface area contributed by atoms with Gasteiger partial charge in [-0.15, -0.1) is 11.3 Å². The molecule has 2 aromatic carbocycles. The second-order valence-corrected chi connectivity index (χ2v) is 5.24. The van der Waals surface area contributed by atoms with Crippen molar-refractivity contribution in [3.8, 4) is 0 Å². The topological polar surface area (TPSA) is 0 Å². The zero-order valence-electron chi connectivity index (χ0n) is 9.58. The van der Waals surface area contributed by atoms with Gasteiger partial charge in [0.05, 0.1) is 0 Å². The Hall–Kier alpha value is -1.34. The van der Waals surface area contributed by atoms with Crippen LogP contribution in [0.1, 0.15) is 18.1 Å². The van der Waals surface area contributed by atoms with E-state index in [0.29, 0.717) is 0 Å². The fourth-order valence-electron chi connectivity index (χ4n) is 2.38. The number of benzene rings is 2. The number of thiophene rings is 1. The van der Waals surface area contributed by atoms with Crippen LogP contribution in [-0.4, -0.2) is 0 Å². The van der Waals surface area contributed by atoms with Crippen LogP contribution in [0.15, 0.2) is 36.4 Å². The monoisotopic (exact) mass is 226 g/mol. The van der Waals surface area contributed by atoms with E-state index in [-0.39, 0.29) is 0 Å². The fourth-order valence-corrected chi connectivity index (χ4v) is 3.75. The molecule has 0 atom stereocenters. The molecule has 1 aromatic heterocycles. The molecule has 0 aliphatic carbocycles. The molecular formula is C15H14S. The Morgan fingerprint density at radius 1 is 1.00 bits per heavy atom. The maximum atomic E-state index is 2.27. The summed E-state index contributed by atoms with van der Waals surface area (Å²) in [6, 6.07) is 13.2. The maximum Gasteiger partial charge on any atom is 0.0389 e. The van der Waals surface area contributed by atoms with Crippen LogP contribution >= 0.6 is 11.3 Å². The zero-order chi connectivity index (χ0) is 11.1. The van der Waals surface area contributed by atoms with Gasteiger partial charge in [-0.3, -0.25) is 0 Å². The van der Waals surface area contributed by atoms with Gasteiger partial charge in [-0.1, -0.05) is 37.3 Å². The molecule has 0 saturated carbocycles. The van der Waals surface area contributed by atoms with Crippen molar-refractivity contribution >= 4 is 31.5 Å². The molecule has 3 rings (SSSR count). The molecule has 0 spiro atoms. The van der Waals surface area contributed by atoms with Gasteiger partial charge in [0.25, 0.3) is 0 Å². The molecule has 1 heterocycles. The summed E-state index contributed by atoms with van der Waals surface area (Å²) in [4.78, 5) is 0. The first-order chi connectivity index (χ1) is 7.81. The Morgan fingerprint density at radius 2 is 1.81 bits per heavy atom. The Bertz CT molecular complexity index is 662. The van der Waals surface area contributed by atoms with Crippen molar-refractivity contribution in [1.29, 1.82) is 0 Å². The van der Waals surface area contributed by atoms with Crippen molar-refractivity contribution in [2.75, 3.05) is 0 Å². The van der Waals surface area contributed by atoms with E-state index >= 15 is 0 Å². The molecule has 0 bridgehead atoms. The molecule has 0 N–H and O–H groups in total. The molecule has 0 saturated heterocycles. The van der Waals surface area contributed by atoms with Gasteiger partial charge >= 0.3 is 0 Å². The highest BCUT2D eigenvalue weighted by Gasteiger charge is 2.08. The molecule has 3 aromatic rings. The summed E-state index contributed by atoms with van der Waals surface area (Å²) in [6.45, 7) is 4.45. The summed E-state index contributed by atoms with van der Waals surface area (Å²) < 4.78 is 2.88. The largest absolute Gasteiger partial charge is 0.135 e. The third-order valence-electron chi connectivity index (χ3n) is 3.24. The van der Waals surface area contributed by atoms with Gasteiger partial charge < -0.3 is 0 Å². The third kappa shape index (κ3) is 1.28. The van der Waals surface area contributed by atoms with Gasteiger partial charge in [0.2, 0.25) is 0 Å². The lowest BCUT2D eigenvalue weighted by atomic mass is 10.0. The smallest absolute Gasteiger partial charge is 0.0389 e. The predicted molar refractivity (Wildman–Crippen MR) is 73.4 cm³/mol. The standard InChI is InChI=1S/C15H14S/c1-3-11-10(2)8-9-13-12-6-4-5-7-14(12)16-15(11)13/h4-9H,3H2,1-2H3. The lowest BCUT2D eigenvalue weighted by Crippen LogP contribution is -1.85. The second kappa shape index (κ2) is 3.60. The van der Waals surface area contributed by atoms with Crippen molar-refractivity contribution in [2.24, 2.45) is 0 Å². The second-order valence-electron chi connectivity index (χ2n) is 4.19. The van der Waals surface area contributed by atoms with E-state index in [2.05, 4.69) is 50.2 Å². The molecule has 0 nitrogen and oxygen atoms in total. The predicted octanol–water partition coefficient (Wildman–Crippen LogP) is 4.93. The summed E-state index contributed by atoms with van der Waals surface area (Å²) in [5, 5.41) is 2.82. The van der Waals surface area contributed by atoms with Gasteiger partial charge in [0.1, 0.15) is 0 Å². The zero-order valence-corrected chi connectivity index (χ0v) is 10.4. The normalized spacial score (nSPS) is 11.4. The van der Waals surface area contributed by atoms with E-state index in [4.69, 9.17) is 0 Å². The van der Waals surface area contributed by atoms with Crippen LogP contribution in [0.3, 0.4) is 0 Å². The summed E-state index contributed by atoms with van der Waals surface area (Å²) in [5.41, 5.74) is 2.93. The molecule has 0 aliphatic heterocycles. The van der Waals surface area contributed by atoms with Crippen LogP contribution in [0.25, 0.3) is 20.2 Å². The van der Waals surface area contributed by atoms with E-state index in [1.54, 1.807) is 0 Å². The Labute approximate surface area is 99.5 Å². The van der Waals surface area contributed by atoms with E-state index in [9.17, 15) is 0 Å². The average Bonchev–Trinajstić information content (AvgIpc) is 2.67. The van der Waals surface area contributed by atoms with Crippen molar-refractivity contribution < 1.29 is 0 Å². The van der Waals surface area contributed by atoms with Crippen molar-refractivity contribution in [2.45, 2.75) is 20.3 Å². The van der Waals surface area contributed by atoms with Gasteiger partial charge in [-0.25, -0.2) is 0 Å². The van der Waals surface area contributed by atoms with E-state index in [0.717, 1.165) is 6.42 Å². The third-order valence-corrected chi connectivity index (χ3v) is 4.48. The van der Waals surface area contributed by atoms with Crippen molar-refractivity contribution in [1.82, 2.24) is 0 Å². The molecular weight excluding hydrogens is 212 g/mol. The Balaban J connectivity index is 2.54. The maximum absolute atomic E-state index is 2.27. The Kier molecular flexibility index (Phi) is 2.22. The van der Waals surface area contributed by atoms with Gasteiger partial charge in [0.15, 0.2) is 0 Å². The van der Waals surface area contributed by atoms with Crippen molar-refractivity contribution in [3.63, 3.8) is 0 Å². The Morgan fingerprint density at radius 3 is 2.62 bits per heavy atom. The molecule has 0 aliphatic rings. The number of rotatable bonds is 1. The molecule has 16 heavy (non-hydrogen) atoms. The first-order valence-electron chi connectivity index (χ1n) is 5.71. The quantitative estimate of drug-likeness (QED) is 0.552. The van der Waals surface area contributed by atoms with E-state index < -0.39 is 0 Å². The molecule has 1 heteroatoms. The van der Waals surface area contributed by atoms with E-state index in [1.807, 2.05) is 11.3 Å². The minimum atomic E-state index is 1.12. The minimum Gasteiger partial charge on any atom is -0.135 e. The fraction of sp³-hybridized carbons (Fsp3) is 0.200. The summed E-state index contributed by atoms with van der Waals surface area (Å²) in [7, 11) is 0. The number of fused-ring (bicyclic) bond motifs is 3. The highest BCUT2D eigenvalue weighted by atomic mass is 32.1. The van der Waals surface area contributed by atoms with Crippen LogP contribution in [-0.2, 0) is 6.42 Å². The van der Waals surface area contributed by atoms with Crippen LogP contribution < -0.4 is 0 Å². The lowest BCUT2D eigenvalue weighted by molar-refractivity contribution is 1.13. The van der Waals surface area contributed by atoms with Crippen molar-refractivity contribution in [3.05, 3.63) is 47.5 Å². The highest BCUT2D eigenvalue weighted by Crippen LogP contribution is 2.36. The number of hydrogen-bond acceptors (Lipinski definition) is 1. The molecule has 0 amide bonds. The van der Waals surface area contributed by atoms with Crippen LogP contribution in [0.2, 0.25) is 0 Å². The molecule has 0 unspecified atom stereocenters. The SMILES string of the molecule is CCc1c(C)ccc2c1sc1ccccc12. The summed E-state index contributed by atoms with van der Waals surface area (Å²) in [5.74, 6) is 0. The van der Waals surface area contributed by atoms with Gasteiger partial charge in [-0.05, 0) is 30.5 Å². The van der Waals surface area contributed by atoms with Gasteiger partial charge in [-0.2, -0.15) is 0 Å². The molecule has 0 fully saturated rings. The molecule has 0 radical (unpaired) electrons. The minimum absolute atomic E-state index is 1.12. The number of aryl methyl sites for hydroxylation is 2. The molecule has 80 valence electrons.